The first-order valence-electron chi connectivity index (χ1n) is 9.71. The zero-order valence-corrected chi connectivity index (χ0v) is 16.6. The molecule has 3 aromatic rings. The summed E-state index contributed by atoms with van der Waals surface area (Å²) in [6, 6.07) is 8.89. The molecule has 1 aromatic heterocycles. The topological polar surface area (TPSA) is 60.9 Å². The maximum atomic E-state index is 14.3. The average Bonchev–Trinajstić information content (AvgIpc) is 3.04. The molecule has 2 N–H and O–H groups in total. The van der Waals surface area contributed by atoms with Crippen LogP contribution in [0.15, 0.2) is 41.4 Å². The van der Waals surface area contributed by atoms with Crippen LogP contribution >= 0.6 is 0 Å². The third-order valence-corrected chi connectivity index (χ3v) is 4.82. The lowest BCUT2D eigenvalue weighted by Gasteiger charge is -2.17. The molecule has 3 rings (SSSR count). The SMILES string of the molecule is CCN(CC)CCCOc1ccc(N=Cc2c(O)[nH]c3cccc(F)c23)cc1F. The summed E-state index contributed by atoms with van der Waals surface area (Å²) in [6.45, 7) is 7.50. The van der Waals surface area contributed by atoms with Crippen LogP contribution in [0.5, 0.6) is 11.6 Å². The lowest BCUT2D eigenvalue weighted by molar-refractivity contribution is 0.243. The van der Waals surface area contributed by atoms with Gasteiger partial charge in [0.25, 0.3) is 0 Å². The Hall–Kier alpha value is -2.93. The largest absolute Gasteiger partial charge is 0.494 e. The van der Waals surface area contributed by atoms with Crippen LogP contribution in [-0.4, -0.2) is 47.4 Å². The first kappa shape index (κ1) is 20.8. The Morgan fingerprint density at radius 3 is 2.66 bits per heavy atom. The number of H-pyrrole nitrogens is 1. The molecule has 0 saturated heterocycles. The van der Waals surface area contributed by atoms with E-state index in [0.717, 1.165) is 26.1 Å². The molecule has 154 valence electrons. The smallest absolute Gasteiger partial charge is 0.198 e. The fourth-order valence-electron chi connectivity index (χ4n) is 3.18. The Morgan fingerprint density at radius 1 is 1.14 bits per heavy atom. The standard InChI is InChI=1S/C22H25F2N3O2/c1-3-27(4-2)11-6-12-29-20-10-9-15(13-18(20)24)25-14-16-21-17(23)7-5-8-19(21)26-22(16)28/h5,7-10,13-14,26,28H,3-4,6,11-12H2,1-2H3. The van der Waals surface area contributed by atoms with Gasteiger partial charge in [0.2, 0.25) is 0 Å². The van der Waals surface area contributed by atoms with E-state index in [1.165, 1.54) is 24.4 Å². The molecule has 0 aliphatic rings. The molecule has 0 radical (unpaired) electrons. The summed E-state index contributed by atoms with van der Waals surface area (Å²) in [5.74, 6) is -1.01. The van der Waals surface area contributed by atoms with E-state index in [-0.39, 0.29) is 22.6 Å². The molecule has 0 atom stereocenters. The summed E-state index contributed by atoms with van der Waals surface area (Å²) in [4.78, 5) is 9.15. The van der Waals surface area contributed by atoms with Crippen molar-refractivity contribution in [2.45, 2.75) is 20.3 Å². The van der Waals surface area contributed by atoms with Gasteiger partial charge < -0.3 is 19.7 Å². The minimum absolute atomic E-state index is 0.171. The quantitative estimate of drug-likeness (QED) is 0.391. The highest BCUT2D eigenvalue weighted by atomic mass is 19.1. The predicted octanol–water partition coefficient (Wildman–Crippen LogP) is 5.01. The summed E-state index contributed by atoms with van der Waals surface area (Å²) in [5, 5.41) is 10.3. The second-order valence-corrected chi connectivity index (χ2v) is 6.65. The predicted molar refractivity (Wildman–Crippen MR) is 111 cm³/mol. The molecule has 0 amide bonds. The van der Waals surface area contributed by atoms with Crippen molar-refractivity contribution < 1.29 is 18.6 Å². The van der Waals surface area contributed by atoms with Gasteiger partial charge in [-0.3, -0.25) is 4.99 Å². The molecule has 0 fully saturated rings. The highest BCUT2D eigenvalue weighted by Gasteiger charge is 2.13. The van der Waals surface area contributed by atoms with E-state index in [4.69, 9.17) is 4.74 Å². The first-order chi connectivity index (χ1) is 14.0. The van der Waals surface area contributed by atoms with E-state index < -0.39 is 11.6 Å². The number of ether oxygens (including phenoxy) is 1. The Morgan fingerprint density at radius 2 is 1.93 bits per heavy atom. The number of rotatable bonds is 9. The number of aromatic nitrogens is 1. The van der Waals surface area contributed by atoms with Crippen molar-refractivity contribution in [1.29, 1.82) is 0 Å². The number of nitrogens with one attached hydrogen (secondary N) is 1. The number of benzene rings is 2. The first-order valence-corrected chi connectivity index (χ1v) is 9.71. The molecule has 0 unspecified atom stereocenters. The summed E-state index contributed by atoms with van der Waals surface area (Å²) in [7, 11) is 0. The highest BCUT2D eigenvalue weighted by molar-refractivity contribution is 6.02. The average molecular weight is 401 g/mol. The zero-order valence-electron chi connectivity index (χ0n) is 16.6. The molecule has 0 aliphatic heterocycles. The maximum absolute atomic E-state index is 14.3. The van der Waals surface area contributed by atoms with E-state index in [1.54, 1.807) is 18.2 Å². The molecule has 0 spiro atoms. The van der Waals surface area contributed by atoms with Crippen molar-refractivity contribution in [3.05, 3.63) is 53.6 Å². The van der Waals surface area contributed by atoms with Crippen LogP contribution in [0.3, 0.4) is 0 Å². The van der Waals surface area contributed by atoms with Crippen molar-refractivity contribution in [2.75, 3.05) is 26.2 Å². The van der Waals surface area contributed by atoms with Gasteiger partial charge in [-0.2, -0.15) is 0 Å². The van der Waals surface area contributed by atoms with E-state index >= 15 is 0 Å². The van der Waals surface area contributed by atoms with Crippen molar-refractivity contribution in [1.82, 2.24) is 9.88 Å². The molecule has 0 aliphatic carbocycles. The van der Waals surface area contributed by atoms with Gasteiger partial charge in [0, 0.05) is 24.2 Å². The van der Waals surface area contributed by atoms with Crippen molar-refractivity contribution in [2.24, 2.45) is 4.99 Å². The van der Waals surface area contributed by atoms with Crippen LogP contribution in [0.1, 0.15) is 25.8 Å². The Bertz CT molecular complexity index is 997. The third kappa shape index (κ3) is 4.92. The summed E-state index contributed by atoms with van der Waals surface area (Å²) in [6.07, 6.45) is 2.13. The minimum Gasteiger partial charge on any atom is -0.494 e. The third-order valence-electron chi connectivity index (χ3n) is 4.82. The molecule has 0 saturated carbocycles. The molecule has 29 heavy (non-hydrogen) atoms. The number of aromatic amines is 1. The number of hydrogen-bond donors (Lipinski definition) is 2. The molecule has 5 nitrogen and oxygen atoms in total. The second-order valence-electron chi connectivity index (χ2n) is 6.65. The van der Waals surface area contributed by atoms with E-state index in [1.807, 2.05) is 0 Å². The number of nitrogens with zero attached hydrogens (tertiary/aromatic N) is 2. The number of hydrogen-bond acceptors (Lipinski definition) is 4. The van der Waals surface area contributed by atoms with Gasteiger partial charge in [-0.1, -0.05) is 19.9 Å². The van der Waals surface area contributed by atoms with Gasteiger partial charge in [0.05, 0.1) is 23.4 Å². The summed E-state index contributed by atoms with van der Waals surface area (Å²) in [5.41, 5.74) is 1.02. The number of aliphatic imine (C=N–C) groups is 1. The molecular weight excluding hydrogens is 376 g/mol. The van der Waals surface area contributed by atoms with E-state index in [9.17, 15) is 13.9 Å². The number of fused-ring (bicyclic) bond motifs is 1. The van der Waals surface area contributed by atoms with Crippen LogP contribution < -0.4 is 4.74 Å². The molecule has 2 aromatic carbocycles. The minimum atomic E-state index is -0.517. The maximum Gasteiger partial charge on any atom is 0.198 e. The zero-order chi connectivity index (χ0) is 20.8. The van der Waals surface area contributed by atoms with Crippen LogP contribution in [-0.2, 0) is 0 Å². The lowest BCUT2D eigenvalue weighted by Crippen LogP contribution is -2.25. The summed E-state index contributed by atoms with van der Waals surface area (Å²) >= 11 is 0. The molecule has 7 heteroatoms. The van der Waals surface area contributed by atoms with Gasteiger partial charge in [-0.05, 0) is 43.8 Å². The van der Waals surface area contributed by atoms with E-state index in [0.29, 0.717) is 17.8 Å². The van der Waals surface area contributed by atoms with E-state index in [2.05, 4.69) is 28.7 Å². The van der Waals surface area contributed by atoms with Gasteiger partial charge in [-0.25, -0.2) is 8.78 Å². The van der Waals surface area contributed by atoms with Crippen LogP contribution in [0.2, 0.25) is 0 Å². The molecular formula is C22H25F2N3O2. The van der Waals surface area contributed by atoms with Gasteiger partial charge in [0.15, 0.2) is 17.4 Å². The Kier molecular flexibility index (Phi) is 6.82. The molecule has 1 heterocycles. The van der Waals surface area contributed by atoms with Crippen LogP contribution in [0, 0.1) is 11.6 Å². The Balaban J connectivity index is 1.67. The lowest BCUT2D eigenvalue weighted by atomic mass is 10.1. The van der Waals surface area contributed by atoms with Crippen molar-refractivity contribution in [3.63, 3.8) is 0 Å². The fraction of sp³-hybridized carbons (Fsp3) is 0.318. The Labute approximate surface area is 168 Å². The van der Waals surface area contributed by atoms with Crippen LogP contribution in [0.4, 0.5) is 14.5 Å². The van der Waals surface area contributed by atoms with Gasteiger partial charge in [0.1, 0.15) is 5.82 Å². The van der Waals surface area contributed by atoms with Gasteiger partial charge >= 0.3 is 0 Å². The highest BCUT2D eigenvalue weighted by Crippen LogP contribution is 2.29. The second kappa shape index (κ2) is 9.52. The fourth-order valence-corrected chi connectivity index (χ4v) is 3.18. The van der Waals surface area contributed by atoms with Crippen molar-refractivity contribution in [3.8, 4) is 11.6 Å². The number of halogens is 2. The molecule has 0 bridgehead atoms. The van der Waals surface area contributed by atoms with Gasteiger partial charge in [-0.15, -0.1) is 0 Å². The van der Waals surface area contributed by atoms with Crippen molar-refractivity contribution >= 4 is 22.8 Å². The monoisotopic (exact) mass is 401 g/mol. The number of aromatic hydroxyl groups is 1. The summed E-state index contributed by atoms with van der Waals surface area (Å²) < 4.78 is 33.9. The van der Waals surface area contributed by atoms with Crippen LogP contribution in [0.25, 0.3) is 10.9 Å². The normalized spacial score (nSPS) is 11.8.